The average molecular weight is 444 g/mol. The number of nitrogen functional groups attached to an aromatic ring is 1. The van der Waals surface area contributed by atoms with E-state index in [0.717, 1.165) is 44.2 Å². The van der Waals surface area contributed by atoms with Gasteiger partial charge in [-0.2, -0.15) is 0 Å². The van der Waals surface area contributed by atoms with E-state index in [1.54, 1.807) is 31.3 Å². The Morgan fingerprint density at radius 3 is 2.77 bits per heavy atom. The van der Waals surface area contributed by atoms with Crippen LogP contribution in [0.1, 0.15) is 60.9 Å². The van der Waals surface area contributed by atoms with E-state index in [9.17, 15) is 9.59 Å². The van der Waals surface area contributed by atoms with Crippen LogP contribution in [0, 0.1) is 18.8 Å². The number of hydrogen-bond acceptors (Lipinski definition) is 6. The van der Waals surface area contributed by atoms with Crippen molar-refractivity contribution in [3.63, 3.8) is 0 Å². The van der Waals surface area contributed by atoms with Crippen LogP contribution in [0.5, 0.6) is 0 Å². The first-order valence-electron chi connectivity index (χ1n) is 10.9. The molecule has 1 unspecified atom stereocenters. The number of Topliss-reactive ketones (excluding diaryl/α,β-unsaturated/α-hetero) is 1. The van der Waals surface area contributed by atoms with Crippen LogP contribution >= 0.6 is 11.6 Å². The van der Waals surface area contributed by atoms with Gasteiger partial charge in [0.05, 0.1) is 0 Å². The largest absolute Gasteiger partial charge is 0.383 e. The SMILES string of the molecule is Cc1nc(N)c(CCC2CCCN(C(=O)[C@H](C)CC(=O)c3ccccn3)CC2)c(Cl)n1. The number of halogens is 1. The molecule has 1 amide bonds. The van der Waals surface area contributed by atoms with Crippen LogP contribution in [0.25, 0.3) is 0 Å². The number of nitrogens with zero attached hydrogens (tertiary/aromatic N) is 4. The molecule has 2 atom stereocenters. The minimum atomic E-state index is -0.352. The molecule has 0 radical (unpaired) electrons. The smallest absolute Gasteiger partial charge is 0.225 e. The Balaban J connectivity index is 1.51. The standard InChI is InChI=1S/C23H30ClN5O2/c1-15(14-20(30)19-7-3-4-11-26-19)23(31)29-12-5-6-17(10-13-29)8-9-18-21(24)27-16(2)28-22(18)25/h3-4,7,11,15,17H,5-6,8-10,12-14H2,1-2H3,(H2,25,27,28)/t15-,17?/m1/s1. The molecule has 2 aromatic rings. The first kappa shape index (κ1) is 23.1. The molecule has 1 aliphatic heterocycles. The lowest BCUT2D eigenvalue weighted by molar-refractivity contribution is -0.134. The highest BCUT2D eigenvalue weighted by Gasteiger charge is 2.26. The molecule has 1 saturated heterocycles. The van der Waals surface area contributed by atoms with Crippen LogP contribution in [0.3, 0.4) is 0 Å². The maximum absolute atomic E-state index is 12.9. The highest BCUT2D eigenvalue weighted by atomic mass is 35.5. The summed E-state index contributed by atoms with van der Waals surface area (Å²) in [6.07, 6.45) is 6.38. The van der Waals surface area contributed by atoms with Crippen molar-refractivity contribution in [1.29, 1.82) is 0 Å². The third kappa shape index (κ3) is 6.23. The fourth-order valence-electron chi connectivity index (χ4n) is 4.15. The van der Waals surface area contributed by atoms with Gasteiger partial charge in [-0.05, 0) is 57.1 Å². The zero-order chi connectivity index (χ0) is 22.4. The summed E-state index contributed by atoms with van der Waals surface area (Å²) in [5.74, 6) is 1.11. The van der Waals surface area contributed by atoms with Crippen LogP contribution in [-0.4, -0.2) is 44.6 Å². The summed E-state index contributed by atoms with van der Waals surface area (Å²) < 4.78 is 0. The summed E-state index contributed by atoms with van der Waals surface area (Å²) >= 11 is 6.25. The fourth-order valence-corrected chi connectivity index (χ4v) is 4.46. The van der Waals surface area contributed by atoms with E-state index >= 15 is 0 Å². The molecule has 2 N–H and O–H groups in total. The van der Waals surface area contributed by atoms with Gasteiger partial charge in [-0.1, -0.05) is 24.6 Å². The van der Waals surface area contributed by atoms with Crippen molar-refractivity contribution in [2.45, 2.75) is 52.4 Å². The van der Waals surface area contributed by atoms with E-state index in [0.29, 0.717) is 35.0 Å². The van der Waals surface area contributed by atoms with Crippen molar-refractivity contribution in [3.05, 3.63) is 46.6 Å². The van der Waals surface area contributed by atoms with Gasteiger partial charge in [-0.25, -0.2) is 9.97 Å². The molecule has 31 heavy (non-hydrogen) atoms. The van der Waals surface area contributed by atoms with Gasteiger partial charge < -0.3 is 10.6 Å². The number of carbonyl (C=O) groups excluding carboxylic acids is 2. The minimum Gasteiger partial charge on any atom is -0.383 e. The van der Waals surface area contributed by atoms with Crippen LogP contribution < -0.4 is 5.73 Å². The average Bonchev–Trinajstić information content (AvgIpc) is 2.98. The van der Waals surface area contributed by atoms with Gasteiger partial charge in [-0.3, -0.25) is 14.6 Å². The highest BCUT2D eigenvalue weighted by molar-refractivity contribution is 6.30. The van der Waals surface area contributed by atoms with Crippen LogP contribution in [-0.2, 0) is 11.2 Å². The quantitative estimate of drug-likeness (QED) is 0.514. The Kier molecular flexibility index (Phi) is 7.96. The van der Waals surface area contributed by atoms with E-state index in [-0.39, 0.29) is 24.0 Å². The molecule has 0 aromatic carbocycles. The zero-order valence-electron chi connectivity index (χ0n) is 18.2. The van der Waals surface area contributed by atoms with Gasteiger partial charge in [0.25, 0.3) is 0 Å². The molecule has 8 heteroatoms. The number of ketones is 1. The summed E-state index contributed by atoms with van der Waals surface area (Å²) in [7, 11) is 0. The van der Waals surface area contributed by atoms with Gasteiger partial charge in [0.15, 0.2) is 5.78 Å². The second-order valence-electron chi connectivity index (χ2n) is 8.33. The molecule has 166 valence electrons. The highest BCUT2D eigenvalue weighted by Crippen LogP contribution is 2.27. The number of amides is 1. The molecular formula is C23H30ClN5O2. The van der Waals surface area contributed by atoms with Crippen molar-refractivity contribution in [2.24, 2.45) is 11.8 Å². The van der Waals surface area contributed by atoms with Crippen LogP contribution in [0.4, 0.5) is 5.82 Å². The fraction of sp³-hybridized carbons (Fsp3) is 0.522. The molecule has 1 fully saturated rings. The van der Waals surface area contributed by atoms with Crippen molar-refractivity contribution < 1.29 is 9.59 Å². The molecule has 1 aliphatic rings. The molecule has 3 heterocycles. The van der Waals surface area contributed by atoms with Gasteiger partial charge in [0.1, 0.15) is 22.5 Å². The Morgan fingerprint density at radius 2 is 2.06 bits per heavy atom. The lowest BCUT2D eigenvalue weighted by atomic mass is 9.93. The minimum absolute atomic E-state index is 0.0455. The van der Waals surface area contributed by atoms with Crippen LogP contribution in [0.2, 0.25) is 5.15 Å². The van der Waals surface area contributed by atoms with E-state index in [1.807, 2.05) is 11.8 Å². The van der Waals surface area contributed by atoms with E-state index in [2.05, 4.69) is 15.0 Å². The number of anilines is 1. The van der Waals surface area contributed by atoms with Gasteiger partial charge in [-0.15, -0.1) is 0 Å². The number of pyridine rings is 1. The second kappa shape index (κ2) is 10.7. The zero-order valence-corrected chi connectivity index (χ0v) is 18.9. The Hall–Kier alpha value is -2.54. The van der Waals surface area contributed by atoms with Crippen molar-refractivity contribution >= 4 is 29.1 Å². The lowest BCUT2D eigenvalue weighted by Gasteiger charge is -2.24. The molecule has 0 spiro atoms. The number of hydrogen-bond donors (Lipinski definition) is 1. The van der Waals surface area contributed by atoms with E-state index in [1.165, 1.54) is 0 Å². The Labute approximate surface area is 188 Å². The van der Waals surface area contributed by atoms with Gasteiger partial charge >= 0.3 is 0 Å². The number of rotatable bonds is 7. The number of nitrogens with two attached hydrogens (primary N) is 1. The number of aryl methyl sites for hydroxylation is 1. The van der Waals surface area contributed by atoms with Gasteiger partial charge in [0, 0.05) is 37.2 Å². The number of likely N-dealkylation sites (tertiary alicyclic amines) is 1. The van der Waals surface area contributed by atoms with Crippen LogP contribution in [0.15, 0.2) is 24.4 Å². The molecule has 0 bridgehead atoms. The molecular weight excluding hydrogens is 414 g/mol. The normalized spacial score (nSPS) is 17.8. The summed E-state index contributed by atoms with van der Waals surface area (Å²) in [6, 6.07) is 5.24. The monoisotopic (exact) mass is 443 g/mol. The molecule has 7 nitrogen and oxygen atoms in total. The first-order valence-corrected chi connectivity index (χ1v) is 11.2. The van der Waals surface area contributed by atoms with Gasteiger partial charge in [0.2, 0.25) is 5.91 Å². The third-order valence-corrected chi connectivity index (χ3v) is 6.24. The summed E-state index contributed by atoms with van der Waals surface area (Å²) in [5, 5.41) is 0.432. The summed E-state index contributed by atoms with van der Waals surface area (Å²) in [4.78, 5) is 39.7. The maximum atomic E-state index is 12.9. The number of aromatic nitrogens is 3. The molecule has 2 aromatic heterocycles. The Morgan fingerprint density at radius 1 is 1.26 bits per heavy atom. The first-order chi connectivity index (χ1) is 14.8. The number of carbonyl (C=O) groups is 2. The topological polar surface area (TPSA) is 102 Å². The van der Waals surface area contributed by atoms with Crippen molar-refractivity contribution in [2.75, 3.05) is 18.8 Å². The predicted octanol–water partition coefficient (Wildman–Crippen LogP) is 3.89. The molecule has 0 saturated carbocycles. The van der Waals surface area contributed by atoms with E-state index in [4.69, 9.17) is 17.3 Å². The Bertz CT molecular complexity index is 898. The second-order valence-corrected chi connectivity index (χ2v) is 8.69. The molecule has 0 aliphatic carbocycles. The van der Waals surface area contributed by atoms with E-state index < -0.39 is 0 Å². The predicted molar refractivity (Wildman–Crippen MR) is 121 cm³/mol. The third-order valence-electron chi connectivity index (χ3n) is 5.93. The molecule has 3 rings (SSSR count). The lowest BCUT2D eigenvalue weighted by Crippen LogP contribution is -2.36. The summed E-state index contributed by atoms with van der Waals surface area (Å²) in [6.45, 7) is 5.04. The van der Waals surface area contributed by atoms with Crippen molar-refractivity contribution in [3.8, 4) is 0 Å². The van der Waals surface area contributed by atoms with Crippen molar-refractivity contribution in [1.82, 2.24) is 19.9 Å². The summed E-state index contributed by atoms with van der Waals surface area (Å²) in [5.41, 5.74) is 7.25. The maximum Gasteiger partial charge on any atom is 0.225 e.